The summed E-state index contributed by atoms with van der Waals surface area (Å²) in [6.45, 7) is 6.13. The molecular formula is C22H22BrNO2S. The van der Waals surface area contributed by atoms with Gasteiger partial charge in [-0.05, 0) is 67.8 Å². The summed E-state index contributed by atoms with van der Waals surface area (Å²) >= 11 is 3.43. The van der Waals surface area contributed by atoms with Crippen LogP contribution in [0.25, 0.3) is 0 Å². The zero-order valence-corrected chi connectivity index (χ0v) is 18.0. The average Bonchev–Trinajstić information content (AvgIpc) is 2.63. The van der Waals surface area contributed by atoms with E-state index in [1.54, 1.807) is 12.1 Å². The Labute approximate surface area is 169 Å². The number of anilines is 1. The third-order valence-corrected chi connectivity index (χ3v) is 6.78. The Balaban J connectivity index is 2.12. The van der Waals surface area contributed by atoms with Crippen LogP contribution in [0.2, 0.25) is 0 Å². The summed E-state index contributed by atoms with van der Waals surface area (Å²) in [5.41, 5.74) is 4.61. The number of halogens is 1. The molecule has 0 saturated carbocycles. The monoisotopic (exact) mass is 443 g/mol. The van der Waals surface area contributed by atoms with E-state index in [1.165, 1.54) is 4.31 Å². The zero-order valence-electron chi connectivity index (χ0n) is 15.6. The molecule has 3 rings (SSSR count). The number of hydrogen-bond acceptors (Lipinski definition) is 2. The molecule has 5 heteroatoms. The molecule has 0 amide bonds. The summed E-state index contributed by atoms with van der Waals surface area (Å²) in [4.78, 5) is 0.297. The second-order valence-electron chi connectivity index (χ2n) is 6.74. The van der Waals surface area contributed by atoms with Gasteiger partial charge in [0.1, 0.15) is 0 Å². The van der Waals surface area contributed by atoms with Crippen molar-refractivity contribution < 1.29 is 8.42 Å². The topological polar surface area (TPSA) is 37.4 Å². The van der Waals surface area contributed by atoms with Gasteiger partial charge in [-0.1, -0.05) is 57.9 Å². The molecule has 27 heavy (non-hydrogen) atoms. The van der Waals surface area contributed by atoms with Gasteiger partial charge in [-0.3, -0.25) is 4.31 Å². The highest BCUT2D eigenvalue weighted by Crippen LogP contribution is 2.30. The van der Waals surface area contributed by atoms with Gasteiger partial charge in [-0.25, -0.2) is 8.42 Å². The van der Waals surface area contributed by atoms with Gasteiger partial charge in [0.2, 0.25) is 0 Å². The molecule has 0 atom stereocenters. The molecule has 140 valence electrons. The fourth-order valence-corrected chi connectivity index (χ4v) is 4.65. The van der Waals surface area contributed by atoms with Gasteiger partial charge in [0.05, 0.1) is 17.1 Å². The van der Waals surface area contributed by atoms with Gasteiger partial charge in [0, 0.05) is 4.47 Å². The number of aryl methyl sites for hydroxylation is 3. The highest BCUT2D eigenvalue weighted by molar-refractivity contribution is 9.10. The van der Waals surface area contributed by atoms with Gasteiger partial charge >= 0.3 is 0 Å². The van der Waals surface area contributed by atoms with Crippen LogP contribution in [0.15, 0.2) is 76.1 Å². The summed E-state index contributed by atoms with van der Waals surface area (Å²) in [7, 11) is -3.70. The largest absolute Gasteiger partial charge is 0.264 e. The van der Waals surface area contributed by atoms with Gasteiger partial charge in [0.25, 0.3) is 10.0 Å². The van der Waals surface area contributed by atoms with E-state index in [9.17, 15) is 8.42 Å². The highest BCUT2D eigenvalue weighted by Gasteiger charge is 2.26. The maximum atomic E-state index is 13.5. The van der Waals surface area contributed by atoms with Crippen molar-refractivity contribution in [1.82, 2.24) is 0 Å². The predicted molar refractivity (Wildman–Crippen MR) is 115 cm³/mol. The molecule has 3 nitrogen and oxygen atoms in total. The van der Waals surface area contributed by atoms with Crippen LogP contribution in [-0.4, -0.2) is 8.42 Å². The number of hydrogen-bond donors (Lipinski definition) is 0. The molecule has 0 unspecified atom stereocenters. The summed E-state index contributed by atoms with van der Waals surface area (Å²) < 4.78 is 29.5. The first-order chi connectivity index (χ1) is 12.8. The first-order valence-electron chi connectivity index (χ1n) is 8.68. The van der Waals surface area contributed by atoms with E-state index < -0.39 is 10.0 Å². The molecule has 3 aromatic carbocycles. The number of benzene rings is 3. The maximum Gasteiger partial charge on any atom is 0.264 e. The number of nitrogens with zero attached hydrogens (tertiary/aromatic N) is 1. The fraction of sp³-hybridized carbons (Fsp3) is 0.182. The summed E-state index contributed by atoms with van der Waals surface area (Å²) in [5.74, 6) is 0. The van der Waals surface area contributed by atoms with Crippen LogP contribution in [-0.2, 0) is 16.6 Å². The molecule has 0 radical (unpaired) electrons. The standard InChI is InChI=1S/C22H22BrNO2S/c1-16-5-12-21(13-6-16)27(25,26)24(15-19-8-10-20(23)11-9-19)22-14-17(2)4-7-18(22)3/h4-14H,15H2,1-3H3. The third-order valence-electron chi connectivity index (χ3n) is 4.48. The maximum absolute atomic E-state index is 13.5. The quantitative estimate of drug-likeness (QED) is 0.501. The molecule has 0 fully saturated rings. The summed E-state index contributed by atoms with van der Waals surface area (Å²) in [5, 5.41) is 0. The van der Waals surface area contributed by atoms with Crippen LogP contribution in [0.4, 0.5) is 5.69 Å². The first-order valence-corrected chi connectivity index (χ1v) is 10.9. The lowest BCUT2D eigenvalue weighted by Crippen LogP contribution is -2.31. The lowest BCUT2D eigenvalue weighted by molar-refractivity contribution is 0.590. The van der Waals surface area contributed by atoms with E-state index in [0.29, 0.717) is 10.6 Å². The molecule has 0 bridgehead atoms. The Kier molecular flexibility index (Phi) is 5.72. The number of rotatable bonds is 5. The Morgan fingerprint density at radius 2 is 1.41 bits per heavy atom. The van der Waals surface area contributed by atoms with Gasteiger partial charge in [-0.2, -0.15) is 0 Å². The fourth-order valence-electron chi connectivity index (χ4n) is 2.88. The Morgan fingerprint density at radius 3 is 2.04 bits per heavy atom. The molecule has 0 aromatic heterocycles. The Bertz CT molecular complexity index is 1040. The van der Waals surface area contributed by atoms with Crippen molar-refractivity contribution in [3.05, 3.63) is 93.5 Å². The van der Waals surface area contributed by atoms with Crippen LogP contribution < -0.4 is 4.31 Å². The minimum atomic E-state index is -3.70. The van der Waals surface area contributed by atoms with E-state index in [1.807, 2.05) is 75.4 Å². The van der Waals surface area contributed by atoms with E-state index in [0.717, 1.165) is 26.7 Å². The van der Waals surface area contributed by atoms with Gasteiger partial charge in [-0.15, -0.1) is 0 Å². The summed E-state index contributed by atoms with van der Waals surface area (Å²) in [6.07, 6.45) is 0. The van der Waals surface area contributed by atoms with Crippen LogP contribution >= 0.6 is 15.9 Å². The van der Waals surface area contributed by atoms with Crippen molar-refractivity contribution in [3.8, 4) is 0 Å². The van der Waals surface area contributed by atoms with Crippen LogP contribution in [0.5, 0.6) is 0 Å². The zero-order chi connectivity index (χ0) is 19.6. The van der Waals surface area contributed by atoms with Crippen molar-refractivity contribution in [3.63, 3.8) is 0 Å². The first kappa shape index (κ1) is 19.6. The second kappa shape index (κ2) is 7.87. The normalized spacial score (nSPS) is 11.4. The van der Waals surface area contributed by atoms with Crippen LogP contribution in [0.3, 0.4) is 0 Å². The Hall–Kier alpha value is -2.11. The molecular weight excluding hydrogens is 422 g/mol. The van der Waals surface area contributed by atoms with Crippen molar-refractivity contribution in [2.45, 2.75) is 32.2 Å². The van der Waals surface area contributed by atoms with E-state index in [2.05, 4.69) is 15.9 Å². The molecule has 0 aliphatic heterocycles. The van der Waals surface area contributed by atoms with Gasteiger partial charge < -0.3 is 0 Å². The van der Waals surface area contributed by atoms with Crippen molar-refractivity contribution in [2.24, 2.45) is 0 Å². The molecule has 0 spiro atoms. The van der Waals surface area contributed by atoms with E-state index in [-0.39, 0.29) is 6.54 Å². The second-order valence-corrected chi connectivity index (χ2v) is 9.52. The SMILES string of the molecule is Cc1ccc(S(=O)(=O)N(Cc2ccc(Br)cc2)c2cc(C)ccc2C)cc1. The van der Waals surface area contributed by atoms with Crippen molar-refractivity contribution in [1.29, 1.82) is 0 Å². The summed E-state index contributed by atoms with van der Waals surface area (Å²) in [6, 6.07) is 20.6. The third kappa shape index (κ3) is 4.42. The molecule has 0 N–H and O–H groups in total. The van der Waals surface area contributed by atoms with Gasteiger partial charge in [0.15, 0.2) is 0 Å². The lowest BCUT2D eigenvalue weighted by atomic mass is 10.1. The van der Waals surface area contributed by atoms with Crippen molar-refractivity contribution in [2.75, 3.05) is 4.31 Å². The van der Waals surface area contributed by atoms with Crippen molar-refractivity contribution >= 4 is 31.6 Å². The molecule has 0 saturated heterocycles. The number of sulfonamides is 1. The van der Waals surface area contributed by atoms with E-state index in [4.69, 9.17) is 0 Å². The van der Waals surface area contributed by atoms with Crippen LogP contribution in [0.1, 0.15) is 22.3 Å². The molecule has 0 heterocycles. The van der Waals surface area contributed by atoms with Crippen LogP contribution in [0, 0.1) is 20.8 Å². The molecule has 0 aliphatic carbocycles. The minimum Gasteiger partial charge on any atom is -0.262 e. The lowest BCUT2D eigenvalue weighted by Gasteiger charge is -2.27. The highest BCUT2D eigenvalue weighted by atomic mass is 79.9. The Morgan fingerprint density at radius 1 is 0.815 bits per heavy atom. The molecule has 0 aliphatic rings. The average molecular weight is 444 g/mol. The van der Waals surface area contributed by atoms with E-state index >= 15 is 0 Å². The predicted octanol–water partition coefficient (Wildman–Crippen LogP) is 5.77. The smallest absolute Gasteiger partial charge is 0.262 e. The minimum absolute atomic E-state index is 0.272. The molecule has 3 aromatic rings.